The fourth-order valence-corrected chi connectivity index (χ4v) is 3.48. The molecule has 0 radical (unpaired) electrons. The molecule has 2 unspecified atom stereocenters. The number of rotatable bonds is 5. The predicted octanol–water partition coefficient (Wildman–Crippen LogP) is 3.26. The van der Waals surface area contributed by atoms with Crippen LogP contribution in [-0.4, -0.2) is 27.3 Å². The Hall–Kier alpha value is -2.53. The number of phenols is 2. The van der Waals surface area contributed by atoms with Crippen LogP contribution in [0.5, 0.6) is 11.5 Å². The topological polar surface area (TPSA) is 81.0 Å². The summed E-state index contributed by atoms with van der Waals surface area (Å²) in [5.74, 6) is -1.09. The fourth-order valence-electron chi connectivity index (χ4n) is 3.48. The maximum atomic E-state index is 13.2. The molecule has 1 aliphatic heterocycles. The molecule has 0 spiro atoms. The Kier molecular flexibility index (Phi) is 4.43. The molecule has 2 aromatic rings. The van der Waals surface area contributed by atoms with E-state index in [9.17, 15) is 20.1 Å². The third-order valence-corrected chi connectivity index (χ3v) is 4.89. The molecule has 25 heavy (non-hydrogen) atoms. The number of anilines is 1. The van der Waals surface area contributed by atoms with Gasteiger partial charge < -0.3 is 20.2 Å². The van der Waals surface area contributed by atoms with Crippen LogP contribution in [0.2, 0.25) is 0 Å². The quantitative estimate of drug-likeness (QED) is 0.729. The highest BCUT2D eigenvalue weighted by Crippen LogP contribution is 2.46. The lowest BCUT2D eigenvalue weighted by Gasteiger charge is -2.28. The third-order valence-electron chi connectivity index (χ3n) is 4.89. The van der Waals surface area contributed by atoms with Gasteiger partial charge in [0.1, 0.15) is 0 Å². The summed E-state index contributed by atoms with van der Waals surface area (Å²) < 4.78 is 0. The predicted molar refractivity (Wildman–Crippen MR) is 95.7 cm³/mol. The Balaban J connectivity index is 2.11. The van der Waals surface area contributed by atoms with Gasteiger partial charge in [0.25, 0.3) is 5.91 Å². The van der Waals surface area contributed by atoms with E-state index in [1.54, 1.807) is 17.0 Å². The Morgan fingerprint density at radius 2 is 1.84 bits per heavy atom. The zero-order valence-electron chi connectivity index (χ0n) is 14.4. The first-order valence-electron chi connectivity index (χ1n) is 8.59. The number of carbonyl (C=O) groups is 1. The minimum atomic E-state index is -1.87. The van der Waals surface area contributed by atoms with Gasteiger partial charge in [-0.2, -0.15) is 0 Å². The van der Waals surface area contributed by atoms with E-state index in [0.29, 0.717) is 11.3 Å². The van der Waals surface area contributed by atoms with E-state index < -0.39 is 11.5 Å². The number of unbranched alkanes of at least 4 members (excludes halogenated alkanes) is 1. The lowest BCUT2D eigenvalue weighted by molar-refractivity contribution is -0.132. The van der Waals surface area contributed by atoms with Crippen molar-refractivity contribution < 1.29 is 20.1 Å². The summed E-state index contributed by atoms with van der Waals surface area (Å²) in [4.78, 5) is 14.9. The van der Waals surface area contributed by atoms with E-state index in [-0.39, 0.29) is 23.1 Å². The molecule has 5 heteroatoms. The molecule has 1 aliphatic rings. The van der Waals surface area contributed by atoms with Gasteiger partial charge >= 0.3 is 0 Å². The van der Waals surface area contributed by atoms with Crippen LogP contribution in [0.25, 0.3) is 0 Å². The molecule has 0 aromatic heterocycles. The zero-order valence-corrected chi connectivity index (χ0v) is 14.4. The normalized spacial score (nSPS) is 20.6. The second kappa shape index (κ2) is 6.41. The van der Waals surface area contributed by atoms with Gasteiger partial charge in [-0.15, -0.1) is 0 Å². The lowest BCUT2D eigenvalue weighted by Crippen LogP contribution is -2.45. The van der Waals surface area contributed by atoms with Crippen molar-refractivity contribution in [1.29, 1.82) is 0 Å². The highest BCUT2D eigenvalue weighted by molar-refractivity contribution is 6.09. The SMILES string of the molecule is CCCCC(C)N1C(=O)C(O)(c2ccc(O)c(O)c2)c2ccccc21. The van der Waals surface area contributed by atoms with E-state index in [4.69, 9.17) is 0 Å². The second-order valence-corrected chi connectivity index (χ2v) is 6.60. The maximum Gasteiger partial charge on any atom is 0.268 e. The number of benzene rings is 2. The number of para-hydroxylation sites is 1. The van der Waals surface area contributed by atoms with Crippen molar-refractivity contribution in [1.82, 2.24) is 0 Å². The van der Waals surface area contributed by atoms with Crippen LogP contribution < -0.4 is 4.90 Å². The Bertz CT molecular complexity index is 804. The second-order valence-electron chi connectivity index (χ2n) is 6.60. The largest absolute Gasteiger partial charge is 0.504 e. The average Bonchev–Trinajstić information content (AvgIpc) is 2.84. The number of phenolic OH excluding ortho intramolecular Hbond substituents is 2. The lowest BCUT2D eigenvalue weighted by atomic mass is 9.87. The van der Waals surface area contributed by atoms with Crippen LogP contribution in [0, 0.1) is 0 Å². The number of hydrogen-bond donors (Lipinski definition) is 3. The Morgan fingerprint density at radius 3 is 2.52 bits per heavy atom. The molecule has 1 heterocycles. The molecule has 132 valence electrons. The monoisotopic (exact) mass is 341 g/mol. The van der Waals surface area contributed by atoms with Crippen molar-refractivity contribution in [3.05, 3.63) is 53.6 Å². The van der Waals surface area contributed by atoms with Gasteiger partial charge in [0.2, 0.25) is 0 Å². The van der Waals surface area contributed by atoms with Crippen LogP contribution in [0.3, 0.4) is 0 Å². The summed E-state index contributed by atoms with van der Waals surface area (Å²) >= 11 is 0. The number of fused-ring (bicyclic) bond motifs is 1. The zero-order chi connectivity index (χ0) is 18.2. The van der Waals surface area contributed by atoms with Gasteiger partial charge in [-0.05, 0) is 31.5 Å². The van der Waals surface area contributed by atoms with Gasteiger partial charge in [-0.25, -0.2) is 0 Å². The number of aromatic hydroxyl groups is 2. The van der Waals surface area contributed by atoms with Crippen LogP contribution in [0.1, 0.15) is 44.2 Å². The molecule has 3 rings (SSSR count). The van der Waals surface area contributed by atoms with Crippen LogP contribution in [0.4, 0.5) is 5.69 Å². The number of carbonyl (C=O) groups excluding carboxylic acids is 1. The molecule has 0 saturated heterocycles. The molecule has 2 aromatic carbocycles. The summed E-state index contributed by atoms with van der Waals surface area (Å²) in [5, 5.41) is 30.7. The first kappa shape index (κ1) is 17.3. The molecule has 1 amide bonds. The molecule has 2 atom stereocenters. The number of nitrogens with zero attached hydrogens (tertiary/aromatic N) is 1. The summed E-state index contributed by atoms with van der Waals surface area (Å²) in [6.07, 6.45) is 2.86. The minimum absolute atomic E-state index is 0.0478. The van der Waals surface area contributed by atoms with Gasteiger partial charge in [0, 0.05) is 17.2 Å². The molecular weight excluding hydrogens is 318 g/mol. The molecule has 0 bridgehead atoms. The number of hydrogen-bond acceptors (Lipinski definition) is 4. The van der Waals surface area contributed by atoms with Crippen LogP contribution >= 0.6 is 0 Å². The van der Waals surface area contributed by atoms with E-state index in [1.165, 1.54) is 18.2 Å². The van der Waals surface area contributed by atoms with Gasteiger partial charge in [-0.1, -0.05) is 44.0 Å². The van der Waals surface area contributed by atoms with Crippen molar-refractivity contribution in [3.8, 4) is 11.5 Å². The Morgan fingerprint density at radius 1 is 1.12 bits per heavy atom. The van der Waals surface area contributed by atoms with Crippen molar-refractivity contribution >= 4 is 11.6 Å². The Labute approximate surface area is 147 Å². The number of aliphatic hydroxyl groups is 1. The van der Waals surface area contributed by atoms with Gasteiger partial charge in [-0.3, -0.25) is 4.79 Å². The van der Waals surface area contributed by atoms with Crippen LogP contribution in [0.15, 0.2) is 42.5 Å². The van der Waals surface area contributed by atoms with Crippen molar-refractivity contribution in [2.24, 2.45) is 0 Å². The summed E-state index contributed by atoms with van der Waals surface area (Å²) in [6, 6.07) is 11.1. The number of amides is 1. The van der Waals surface area contributed by atoms with Gasteiger partial charge in [0.15, 0.2) is 17.1 Å². The summed E-state index contributed by atoms with van der Waals surface area (Å²) in [7, 11) is 0. The average molecular weight is 341 g/mol. The molecule has 0 aliphatic carbocycles. The van der Waals surface area contributed by atoms with Crippen LogP contribution in [-0.2, 0) is 10.4 Å². The maximum absolute atomic E-state index is 13.2. The van der Waals surface area contributed by atoms with E-state index in [0.717, 1.165) is 19.3 Å². The molecule has 0 fully saturated rings. The van der Waals surface area contributed by atoms with E-state index >= 15 is 0 Å². The summed E-state index contributed by atoms with van der Waals surface area (Å²) in [6.45, 7) is 4.08. The highest BCUT2D eigenvalue weighted by atomic mass is 16.3. The van der Waals surface area contributed by atoms with E-state index in [2.05, 4.69) is 6.92 Å². The smallest absolute Gasteiger partial charge is 0.268 e. The fraction of sp³-hybridized carbons (Fsp3) is 0.350. The van der Waals surface area contributed by atoms with Gasteiger partial charge in [0.05, 0.1) is 5.69 Å². The third kappa shape index (κ3) is 2.65. The molecule has 3 N–H and O–H groups in total. The minimum Gasteiger partial charge on any atom is -0.504 e. The van der Waals surface area contributed by atoms with Crippen molar-refractivity contribution in [2.75, 3.05) is 4.90 Å². The molecular formula is C20H23NO4. The molecule has 5 nitrogen and oxygen atoms in total. The van der Waals surface area contributed by atoms with Crippen molar-refractivity contribution in [2.45, 2.75) is 44.8 Å². The highest BCUT2D eigenvalue weighted by Gasteiger charge is 2.52. The standard InChI is InChI=1S/C20H23NO4/c1-3-4-7-13(2)21-16-9-6-5-8-15(16)20(25,19(21)24)14-10-11-17(22)18(23)12-14/h5-6,8-13,22-23,25H,3-4,7H2,1-2H3. The van der Waals surface area contributed by atoms with E-state index in [1.807, 2.05) is 19.1 Å². The first-order valence-corrected chi connectivity index (χ1v) is 8.59. The first-order chi connectivity index (χ1) is 11.9. The molecule has 0 saturated carbocycles. The summed E-state index contributed by atoms with van der Waals surface area (Å²) in [5.41, 5.74) is -0.451. The van der Waals surface area contributed by atoms with Crippen molar-refractivity contribution in [3.63, 3.8) is 0 Å².